The molecular weight excluding hydrogens is 400 g/mol. The average Bonchev–Trinajstić information content (AvgIpc) is 2.60. The number of carboxylic acids is 2. The predicted molar refractivity (Wildman–Crippen MR) is 105 cm³/mol. The number of carbonyl (C=O) groups excluding carboxylic acids is 3. The molecule has 0 saturated heterocycles. The lowest BCUT2D eigenvalue weighted by molar-refractivity contribution is -0.147. The van der Waals surface area contributed by atoms with Crippen LogP contribution in [0.15, 0.2) is 0 Å². The van der Waals surface area contributed by atoms with E-state index in [4.69, 9.17) is 15.9 Å². The Hall–Kier alpha value is -2.73. The number of aliphatic hydroxyl groups is 1. The lowest BCUT2D eigenvalue weighted by Gasteiger charge is -2.28. The number of aliphatic hydroxyl groups excluding tert-OH is 1. The number of carboxylic acid groups (broad SMARTS) is 2. The van der Waals surface area contributed by atoms with E-state index in [0.717, 1.165) is 0 Å². The third-order valence-electron chi connectivity index (χ3n) is 4.31. The van der Waals surface area contributed by atoms with Crippen LogP contribution >= 0.6 is 0 Å². The second kappa shape index (κ2) is 12.1. The molecule has 0 aliphatic carbocycles. The molecule has 0 aromatic heterocycles. The zero-order chi connectivity index (χ0) is 23.8. The molecule has 5 unspecified atom stereocenters. The first-order valence-electron chi connectivity index (χ1n) is 9.48. The van der Waals surface area contributed by atoms with Crippen molar-refractivity contribution in [2.45, 2.75) is 71.3 Å². The third kappa shape index (κ3) is 8.74. The summed E-state index contributed by atoms with van der Waals surface area (Å²) in [5.41, 5.74) is 5.57. The van der Waals surface area contributed by atoms with Gasteiger partial charge in [0.15, 0.2) is 0 Å². The number of hydrogen-bond donors (Lipinski definition) is 7. The van der Waals surface area contributed by atoms with E-state index >= 15 is 0 Å². The molecule has 0 aliphatic rings. The van der Waals surface area contributed by atoms with Crippen molar-refractivity contribution in [3.63, 3.8) is 0 Å². The molecule has 0 radical (unpaired) electrons. The average molecular weight is 432 g/mol. The second-order valence-corrected chi connectivity index (χ2v) is 7.72. The van der Waals surface area contributed by atoms with Crippen LogP contribution in [0.4, 0.5) is 0 Å². The Morgan fingerprint density at radius 2 is 1.17 bits per heavy atom. The summed E-state index contributed by atoms with van der Waals surface area (Å²) in [7, 11) is 0. The number of carbonyl (C=O) groups is 5. The number of hydrogen-bond acceptors (Lipinski definition) is 7. The van der Waals surface area contributed by atoms with Gasteiger partial charge in [-0.1, -0.05) is 27.7 Å². The summed E-state index contributed by atoms with van der Waals surface area (Å²) < 4.78 is 0. The lowest BCUT2D eigenvalue weighted by Crippen LogP contribution is -2.60. The van der Waals surface area contributed by atoms with Crippen molar-refractivity contribution in [3.8, 4) is 0 Å². The van der Waals surface area contributed by atoms with Crippen LogP contribution in [-0.4, -0.2) is 75.3 Å². The fourth-order valence-electron chi connectivity index (χ4n) is 2.42. The summed E-state index contributed by atoms with van der Waals surface area (Å²) in [6.07, 6.45) is -1.97. The summed E-state index contributed by atoms with van der Waals surface area (Å²) in [6.45, 7) is 7.82. The van der Waals surface area contributed by atoms with Crippen LogP contribution in [-0.2, 0) is 24.0 Å². The number of nitrogens with two attached hydrogens (primary N) is 1. The van der Waals surface area contributed by atoms with Gasteiger partial charge in [-0.05, 0) is 18.8 Å². The zero-order valence-electron chi connectivity index (χ0n) is 17.7. The molecule has 0 aromatic carbocycles. The van der Waals surface area contributed by atoms with Crippen molar-refractivity contribution in [1.82, 2.24) is 16.0 Å². The van der Waals surface area contributed by atoms with Crippen LogP contribution in [0.2, 0.25) is 0 Å². The quantitative estimate of drug-likeness (QED) is 0.182. The Kier molecular flexibility index (Phi) is 11.0. The normalized spacial score (nSPS) is 16.2. The fourth-order valence-corrected chi connectivity index (χ4v) is 2.42. The molecule has 5 atom stereocenters. The van der Waals surface area contributed by atoms with Gasteiger partial charge in [-0.2, -0.15) is 0 Å². The molecule has 0 spiro atoms. The Morgan fingerprint density at radius 1 is 0.767 bits per heavy atom. The zero-order valence-corrected chi connectivity index (χ0v) is 17.7. The van der Waals surface area contributed by atoms with Gasteiger partial charge >= 0.3 is 11.9 Å². The van der Waals surface area contributed by atoms with Gasteiger partial charge in [0.1, 0.15) is 24.2 Å². The molecule has 12 nitrogen and oxygen atoms in total. The van der Waals surface area contributed by atoms with Gasteiger partial charge in [0.05, 0.1) is 12.5 Å². The minimum absolute atomic E-state index is 0.398. The standard InChI is InChI=1S/C18H32N4O8/c1-7(2)13(16(27)20-10(18(29)30)6-11(24)25)22-17(28)14(8(3)4)21-15(26)12(19)9(5)23/h7-10,12-14,23H,6,19H2,1-5H3,(H,20,27)(H,21,26)(H,22,28)(H,24,25)(H,29,30). The van der Waals surface area contributed by atoms with Crippen molar-refractivity contribution < 1.29 is 39.3 Å². The van der Waals surface area contributed by atoms with Crippen molar-refractivity contribution in [2.24, 2.45) is 17.6 Å². The highest BCUT2D eigenvalue weighted by Crippen LogP contribution is 2.08. The Labute approximate surface area is 174 Å². The number of amides is 3. The molecule has 0 rings (SSSR count). The molecule has 0 aromatic rings. The van der Waals surface area contributed by atoms with Crippen molar-refractivity contribution in [2.75, 3.05) is 0 Å². The van der Waals surface area contributed by atoms with E-state index in [1.165, 1.54) is 6.92 Å². The molecule has 3 amide bonds. The maximum Gasteiger partial charge on any atom is 0.326 e. The van der Waals surface area contributed by atoms with E-state index in [-0.39, 0.29) is 0 Å². The van der Waals surface area contributed by atoms with Gasteiger partial charge in [-0.15, -0.1) is 0 Å². The molecule has 12 heteroatoms. The van der Waals surface area contributed by atoms with Crippen molar-refractivity contribution in [1.29, 1.82) is 0 Å². The molecule has 8 N–H and O–H groups in total. The topological polar surface area (TPSA) is 208 Å². The molecule has 0 heterocycles. The Morgan fingerprint density at radius 3 is 1.50 bits per heavy atom. The molecule has 30 heavy (non-hydrogen) atoms. The molecule has 172 valence electrons. The van der Waals surface area contributed by atoms with Gasteiger partial charge in [-0.25, -0.2) is 4.79 Å². The number of rotatable bonds is 12. The van der Waals surface area contributed by atoms with Crippen LogP contribution in [0.5, 0.6) is 0 Å². The molecule has 0 saturated carbocycles. The highest BCUT2D eigenvalue weighted by molar-refractivity contribution is 5.94. The lowest BCUT2D eigenvalue weighted by atomic mass is 9.98. The summed E-state index contributed by atoms with van der Waals surface area (Å²) in [6, 6.07) is -5.18. The van der Waals surface area contributed by atoms with Crippen LogP contribution in [0.1, 0.15) is 41.0 Å². The van der Waals surface area contributed by atoms with Crippen LogP contribution < -0.4 is 21.7 Å². The summed E-state index contributed by atoms with van der Waals surface area (Å²) in [5, 5.41) is 34.3. The Balaban J connectivity index is 5.39. The maximum absolute atomic E-state index is 12.7. The summed E-state index contributed by atoms with van der Waals surface area (Å²) >= 11 is 0. The first kappa shape index (κ1) is 27.3. The van der Waals surface area contributed by atoms with Crippen molar-refractivity contribution >= 4 is 29.7 Å². The van der Waals surface area contributed by atoms with Gasteiger partial charge in [0.2, 0.25) is 17.7 Å². The van der Waals surface area contributed by atoms with Crippen LogP contribution in [0.3, 0.4) is 0 Å². The van der Waals surface area contributed by atoms with Gasteiger partial charge < -0.3 is 37.0 Å². The van der Waals surface area contributed by atoms with Crippen molar-refractivity contribution in [3.05, 3.63) is 0 Å². The third-order valence-corrected chi connectivity index (χ3v) is 4.31. The van der Waals surface area contributed by atoms with Gasteiger partial charge in [0, 0.05) is 0 Å². The molecule has 0 bridgehead atoms. The molecular formula is C18H32N4O8. The summed E-state index contributed by atoms with van der Waals surface area (Å²) in [5.74, 6) is -6.15. The van der Waals surface area contributed by atoms with E-state index in [0.29, 0.717) is 0 Å². The second-order valence-electron chi connectivity index (χ2n) is 7.72. The predicted octanol–water partition coefficient (Wildman–Crippen LogP) is -1.98. The first-order valence-corrected chi connectivity index (χ1v) is 9.48. The van der Waals surface area contributed by atoms with E-state index in [1.54, 1.807) is 27.7 Å². The van der Waals surface area contributed by atoms with E-state index in [9.17, 15) is 29.1 Å². The number of aliphatic carboxylic acids is 2. The highest BCUT2D eigenvalue weighted by atomic mass is 16.4. The molecule has 0 aliphatic heterocycles. The van der Waals surface area contributed by atoms with E-state index in [2.05, 4.69) is 16.0 Å². The number of nitrogens with one attached hydrogen (secondary N) is 3. The SMILES string of the molecule is CC(C)C(NC(=O)C(N)C(C)O)C(=O)NC(C(=O)NC(CC(=O)O)C(=O)O)C(C)C. The van der Waals surface area contributed by atoms with E-state index in [1.807, 2.05) is 0 Å². The van der Waals surface area contributed by atoms with Crippen LogP contribution in [0, 0.1) is 11.8 Å². The minimum atomic E-state index is -1.67. The summed E-state index contributed by atoms with van der Waals surface area (Å²) in [4.78, 5) is 59.3. The fraction of sp³-hybridized carbons (Fsp3) is 0.722. The maximum atomic E-state index is 12.7. The molecule has 0 fully saturated rings. The van der Waals surface area contributed by atoms with Gasteiger partial charge in [-0.3, -0.25) is 19.2 Å². The Bertz CT molecular complexity index is 650. The van der Waals surface area contributed by atoms with Crippen LogP contribution in [0.25, 0.3) is 0 Å². The van der Waals surface area contributed by atoms with E-state index < -0.39 is 78.2 Å². The monoisotopic (exact) mass is 432 g/mol. The first-order chi connectivity index (χ1) is 13.7. The highest BCUT2D eigenvalue weighted by Gasteiger charge is 2.33. The smallest absolute Gasteiger partial charge is 0.326 e. The minimum Gasteiger partial charge on any atom is -0.481 e. The largest absolute Gasteiger partial charge is 0.481 e. The van der Waals surface area contributed by atoms with Gasteiger partial charge in [0.25, 0.3) is 0 Å².